The molecule has 142 valence electrons. The molecule has 0 aromatic heterocycles. The number of rotatable bonds is 1. The topological polar surface area (TPSA) is 77.2 Å². The van der Waals surface area contributed by atoms with Gasteiger partial charge in [-0.2, -0.15) is 0 Å². The number of piperazine rings is 1. The van der Waals surface area contributed by atoms with Crippen LogP contribution in [0.4, 0.5) is 10.1 Å². The fraction of sp³-hybridized carbons (Fsp3) is 0.474. The van der Waals surface area contributed by atoms with E-state index in [0.29, 0.717) is 17.3 Å². The van der Waals surface area contributed by atoms with Crippen molar-refractivity contribution in [1.29, 1.82) is 0 Å². The lowest BCUT2D eigenvalue weighted by Gasteiger charge is -2.44. The predicted octanol–water partition coefficient (Wildman–Crippen LogP) is 1.23. The molecule has 2 saturated heterocycles. The molecule has 2 fully saturated rings. The quantitative estimate of drug-likeness (QED) is 0.778. The molecular formula is C19H23FN6O. The molecule has 4 aliphatic heterocycles. The normalized spacial score (nSPS) is 27.1. The third kappa shape index (κ3) is 2.66. The number of para-hydroxylation sites is 1. The zero-order chi connectivity index (χ0) is 18.5. The molecular weight excluding hydrogens is 347 g/mol. The largest absolute Gasteiger partial charge is 0.369 e. The van der Waals surface area contributed by atoms with E-state index >= 15 is 0 Å². The number of piperidine rings is 1. The predicted molar refractivity (Wildman–Crippen MR) is 99.3 cm³/mol. The Bertz CT molecular complexity index is 853. The SMILES string of the molecule is NC1=Nc2c(F)cccc2C2NC(C(=O)N3CCN4CCCC[C@@H]4C3)=CN12. The van der Waals surface area contributed by atoms with E-state index in [1.807, 2.05) is 4.90 Å². The summed E-state index contributed by atoms with van der Waals surface area (Å²) in [5.74, 6) is -0.254. The van der Waals surface area contributed by atoms with Gasteiger partial charge in [0.2, 0.25) is 5.96 Å². The van der Waals surface area contributed by atoms with Crippen LogP contribution in [0.1, 0.15) is 31.0 Å². The molecule has 7 nitrogen and oxygen atoms in total. The number of amides is 1. The molecule has 3 N–H and O–H groups in total. The average molecular weight is 370 g/mol. The van der Waals surface area contributed by atoms with E-state index < -0.39 is 12.0 Å². The Balaban J connectivity index is 1.36. The van der Waals surface area contributed by atoms with Gasteiger partial charge in [0.1, 0.15) is 23.4 Å². The minimum atomic E-state index is -0.412. The van der Waals surface area contributed by atoms with Crippen molar-refractivity contribution in [2.24, 2.45) is 10.7 Å². The summed E-state index contributed by atoms with van der Waals surface area (Å²) in [6.07, 6.45) is 4.94. The molecule has 1 amide bonds. The van der Waals surface area contributed by atoms with Crippen LogP contribution in [-0.4, -0.2) is 58.8 Å². The monoisotopic (exact) mass is 370 g/mol. The van der Waals surface area contributed by atoms with Crippen molar-refractivity contribution < 1.29 is 9.18 Å². The first-order chi connectivity index (χ1) is 13.1. The van der Waals surface area contributed by atoms with Gasteiger partial charge in [0, 0.05) is 37.4 Å². The molecule has 1 unspecified atom stereocenters. The van der Waals surface area contributed by atoms with Crippen molar-refractivity contribution in [3.8, 4) is 0 Å². The maximum atomic E-state index is 14.1. The van der Waals surface area contributed by atoms with Crippen molar-refractivity contribution in [2.75, 3.05) is 26.2 Å². The number of benzene rings is 1. The Morgan fingerprint density at radius 2 is 2.15 bits per heavy atom. The maximum Gasteiger partial charge on any atom is 0.271 e. The summed E-state index contributed by atoms with van der Waals surface area (Å²) in [6.45, 7) is 3.55. The first kappa shape index (κ1) is 16.6. The number of nitrogens with one attached hydrogen (secondary N) is 1. The first-order valence-corrected chi connectivity index (χ1v) is 9.54. The standard InChI is InChI=1S/C19H23FN6O/c20-14-6-3-5-13-16(14)23-19(21)26-11-15(22-17(13)26)18(27)25-9-8-24-7-2-1-4-12(24)10-25/h3,5-6,11-12,17,22H,1-2,4,7-10H2,(H2,21,23)/t12-,17?/m1/s1. The van der Waals surface area contributed by atoms with Crippen LogP contribution >= 0.6 is 0 Å². The zero-order valence-corrected chi connectivity index (χ0v) is 15.1. The minimum Gasteiger partial charge on any atom is -0.369 e. The average Bonchev–Trinajstić information content (AvgIpc) is 3.14. The summed E-state index contributed by atoms with van der Waals surface area (Å²) in [5.41, 5.74) is 7.43. The van der Waals surface area contributed by atoms with Gasteiger partial charge in [0.25, 0.3) is 5.91 Å². The lowest BCUT2D eigenvalue weighted by atomic mass is 9.99. The lowest BCUT2D eigenvalue weighted by Crippen LogP contribution is -2.56. The molecule has 5 rings (SSSR count). The smallest absolute Gasteiger partial charge is 0.271 e. The number of halogens is 1. The lowest BCUT2D eigenvalue weighted by molar-refractivity contribution is -0.131. The Kier molecular flexibility index (Phi) is 3.82. The second-order valence-electron chi connectivity index (χ2n) is 7.58. The summed E-state index contributed by atoms with van der Waals surface area (Å²) >= 11 is 0. The van der Waals surface area contributed by atoms with Gasteiger partial charge in [-0.15, -0.1) is 0 Å². The van der Waals surface area contributed by atoms with Crippen molar-refractivity contribution in [2.45, 2.75) is 31.5 Å². The number of aliphatic imine (C=N–C) groups is 1. The van der Waals surface area contributed by atoms with Gasteiger partial charge in [0.15, 0.2) is 0 Å². The molecule has 0 spiro atoms. The first-order valence-electron chi connectivity index (χ1n) is 9.54. The molecule has 0 radical (unpaired) electrons. The second kappa shape index (κ2) is 6.23. The van der Waals surface area contributed by atoms with Gasteiger partial charge < -0.3 is 16.0 Å². The van der Waals surface area contributed by atoms with Crippen molar-refractivity contribution in [1.82, 2.24) is 20.0 Å². The summed E-state index contributed by atoms with van der Waals surface area (Å²) < 4.78 is 14.1. The highest BCUT2D eigenvalue weighted by atomic mass is 19.1. The third-order valence-corrected chi connectivity index (χ3v) is 6.00. The highest BCUT2D eigenvalue weighted by molar-refractivity contribution is 5.96. The number of carbonyl (C=O) groups excluding carboxylic acids is 1. The van der Waals surface area contributed by atoms with E-state index in [4.69, 9.17) is 5.73 Å². The van der Waals surface area contributed by atoms with Crippen LogP contribution in [0.15, 0.2) is 35.1 Å². The molecule has 0 aliphatic carbocycles. The van der Waals surface area contributed by atoms with Crippen LogP contribution < -0.4 is 11.1 Å². The Morgan fingerprint density at radius 3 is 3.04 bits per heavy atom. The molecule has 27 heavy (non-hydrogen) atoms. The highest BCUT2D eigenvalue weighted by Crippen LogP contribution is 2.38. The van der Waals surface area contributed by atoms with Crippen molar-refractivity contribution >= 4 is 17.6 Å². The van der Waals surface area contributed by atoms with E-state index in [1.165, 1.54) is 18.9 Å². The summed E-state index contributed by atoms with van der Waals surface area (Å²) in [7, 11) is 0. The van der Waals surface area contributed by atoms with E-state index in [-0.39, 0.29) is 17.6 Å². The number of carbonyl (C=O) groups is 1. The zero-order valence-electron chi connectivity index (χ0n) is 15.1. The molecule has 2 atom stereocenters. The number of nitrogens with two attached hydrogens (primary N) is 1. The summed E-state index contributed by atoms with van der Waals surface area (Å²) in [5, 5.41) is 3.23. The maximum absolute atomic E-state index is 14.1. The minimum absolute atomic E-state index is 0.0274. The van der Waals surface area contributed by atoms with Crippen molar-refractivity contribution in [3.63, 3.8) is 0 Å². The van der Waals surface area contributed by atoms with E-state index in [9.17, 15) is 9.18 Å². The molecule has 8 heteroatoms. The highest BCUT2D eigenvalue weighted by Gasteiger charge is 2.38. The number of guanidine groups is 1. The molecule has 1 aromatic rings. The Labute approximate surface area is 157 Å². The van der Waals surface area contributed by atoms with Crippen LogP contribution in [-0.2, 0) is 4.79 Å². The van der Waals surface area contributed by atoms with Gasteiger partial charge in [0.05, 0.1) is 0 Å². The molecule has 1 aromatic carbocycles. The number of hydrogen-bond donors (Lipinski definition) is 2. The van der Waals surface area contributed by atoms with Gasteiger partial charge in [-0.25, -0.2) is 9.38 Å². The van der Waals surface area contributed by atoms with Gasteiger partial charge in [-0.05, 0) is 25.5 Å². The summed E-state index contributed by atoms with van der Waals surface area (Å²) in [4.78, 5) is 23.4. The summed E-state index contributed by atoms with van der Waals surface area (Å²) in [6, 6.07) is 5.28. The second-order valence-corrected chi connectivity index (χ2v) is 7.58. The van der Waals surface area contributed by atoms with Gasteiger partial charge in [-0.3, -0.25) is 14.6 Å². The number of fused-ring (bicyclic) bond motifs is 4. The fourth-order valence-electron chi connectivity index (χ4n) is 4.56. The van der Waals surface area contributed by atoms with E-state index in [0.717, 1.165) is 32.6 Å². The van der Waals surface area contributed by atoms with Crippen LogP contribution in [0.5, 0.6) is 0 Å². The van der Waals surface area contributed by atoms with Gasteiger partial charge >= 0.3 is 0 Å². The molecule has 4 aliphatic rings. The number of nitrogens with zero attached hydrogens (tertiary/aromatic N) is 4. The van der Waals surface area contributed by atoms with Crippen LogP contribution in [0.2, 0.25) is 0 Å². The van der Waals surface area contributed by atoms with Crippen molar-refractivity contribution in [3.05, 3.63) is 41.5 Å². The third-order valence-electron chi connectivity index (χ3n) is 6.00. The Morgan fingerprint density at radius 1 is 1.26 bits per heavy atom. The molecule has 0 saturated carbocycles. The van der Waals surface area contributed by atoms with E-state index in [2.05, 4.69) is 15.2 Å². The Hall–Kier alpha value is -2.61. The molecule has 0 bridgehead atoms. The van der Waals surface area contributed by atoms with Crippen LogP contribution in [0.3, 0.4) is 0 Å². The van der Waals surface area contributed by atoms with Crippen LogP contribution in [0, 0.1) is 5.82 Å². The van der Waals surface area contributed by atoms with Crippen LogP contribution in [0.25, 0.3) is 0 Å². The molecule has 4 heterocycles. The number of hydrogen-bond acceptors (Lipinski definition) is 6. The fourth-order valence-corrected chi connectivity index (χ4v) is 4.56. The van der Waals surface area contributed by atoms with Gasteiger partial charge in [-0.1, -0.05) is 18.6 Å². The van der Waals surface area contributed by atoms with E-state index in [1.54, 1.807) is 23.2 Å².